The van der Waals surface area contributed by atoms with Crippen LogP contribution in [-0.4, -0.2) is 22.1 Å². The van der Waals surface area contributed by atoms with Gasteiger partial charge in [-0.05, 0) is 44.0 Å². The Morgan fingerprint density at radius 2 is 1.92 bits per heavy atom. The van der Waals surface area contributed by atoms with Gasteiger partial charge in [0.25, 0.3) is 11.8 Å². The van der Waals surface area contributed by atoms with Gasteiger partial charge in [-0.15, -0.1) is 11.3 Å². The number of thiophene rings is 1. The van der Waals surface area contributed by atoms with Crippen LogP contribution in [0.2, 0.25) is 0 Å². The van der Waals surface area contributed by atoms with Crippen LogP contribution in [0.4, 0.5) is 0 Å². The second-order valence-electron chi connectivity index (χ2n) is 6.41. The first-order chi connectivity index (χ1) is 12.2. The Morgan fingerprint density at radius 1 is 1.16 bits per heavy atom. The summed E-state index contributed by atoms with van der Waals surface area (Å²) < 4.78 is 5.37. The fourth-order valence-corrected chi connectivity index (χ4v) is 3.88. The minimum atomic E-state index is -0.00889. The van der Waals surface area contributed by atoms with Crippen LogP contribution in [0.25, 0.3) is 22.2 Å². The molecule has 25 heavy (non-hydrogen) atoms. The van der Waals surface area contributed by atoms with E-state index in [-0.39, 0.29) is 5.91 Å². The highest BCUT2D eigenvalue weighted by Crippen LogP contribution is 2.28. The van der Waals surface area contributed by atoms with Gasteiger partial charge >= 0.3 is 0 Å². The first kappa shape index (κ1) is 16.0. The highest BCUT2D eigenvalue weighted by atomic mass is 32.1. The van der Waals surface area contributed by atoms with Crippen molar-refractivity contribution in [2.45, 2.75) is 38.6 Å². The predicted molar refractivity (Wildman–Crippen MR) is 97.5 cm³/mol. The molecule has 128 valence electrons. The first-order valence-corrected chi connectivity index (χ1v) is 9.32. The van der Waals surface area contributed by atoms with Crippen LogP contribution < -0.4 is 5.32 Å². The highest BCUT2D eigenvalue weighted by molar-refractivity contribution is 7.17. The number of carbonyl (C=O) groups excluding carboxylic acids is 1. The number of aryl methyl sites for hydroxylation is 1. The van der Waals surface area contributed by atoms with Gasteiger partial charge < -0.3 is 9.84 Å². The zero-order chi connectivity index (χ0) is 17.2. The standard InChI is InChI=1S/C19H19N3O2S/c1-12-6-8-13(9-7-12)19-21-17(22-24-19)15-10-11-16(25-15)18(23)20-14-4-2-3-5-14/h6-11,14H,2-5H2,1H3,(H,20,23). The van der Waals surface area contributed by atoms with Crippen LogP contribution in [0.5, 0.6) is 0 Å². The van der Waals surface area contributed by atoms with Gasteiger partial charge in [-0.3, -0.25) is 4.79 Å². The predicted octanol–water partition coefficient (Wildman–Crippen LogP) is 4.45. The molecule has 2 heterocycles. The summed E-state index contributed by atoms with van der Waals surface area (Å²) in [7, 11) is 0. The average Bonchev–Trinajstić information content (AvgIpc) is 3.36. The van der Waals surface area contributed by atoms with Crippen molar-refractivity contribution < 1.29 is 9.32 Å². The quantitative estimate of drug-likeness (QED) is 0.752. The molecule has 0 saturated heterocycles. The number of nitrogens with one attached hydrogen (secondary N) is 1. The maximum Gasteiger partial charge on any atom is 0.261 e. The fourth-order valence-electron chi connectivity index (χ4n) is 3.04. The molecule has 0 radical (unpaired) electrons. The second-order valence-corrected chi connectivity index (χ2v) is 7.49. The molecule has 2 aromatic heterocycles. The maximum absolute atomic E-state index is 12.3. The number of carbonyl (C=O) groups is 1. The zero-order valence-electron chi connectivity index (χ0n) is 14.0. The molecule has 1 aliphatic carbocycles. The average molecular weight is 353 g/mol. The Bertz CT molecular complexity index is 876. The molecule has 1 saturated carbocycles. The van der Waals surface area contributed by atoms with Crippen LogP contribution in [0.3, 0.4) is 0 Å². The summed E-state index contributed by atoms with van der Waals surface area (Å²) in [5, 5.41) is 7.16. The lowest BCUT2D eigenvalue weighted by Gasteiger charge is -2.10. The van der Waals surface area contributed by atoms with E-state index < -0.39 is 0 Å². The minimum Gasteiger partial charge on any atom is -0.349 e. The summed E-state index contributed by atoms with van der Waals surface area (Å²) in [6.07, 6.45) is 4.56. The molecule has 1 N–H and O–H groups in total. The molecule has 5 nitrogen and oxygen atoms in total. The van der Waals surface area contributed by atoms with Gasteiger partial charge in [0, 0.05) is 11.6 Å². The largest absolute Gasteiger partial charge is 0.349 e. The Balaban J connectivity index is 1.50. The van der Waals surface area contributed by atoms with E-state index in [1.165, 1.54) is 29.7 Å². The third-order valence-electron chi connectivity index (χ3n) is 4.47. The number of benzene rings is 1. The monoisotopic (exact) mass is 353 g/mol. The summed E-state index contributed by atoms with van der Waals surface area (Å²) in [5.41, 5.74) is 2.07. The van der Waals surface area contributed by atoms with E-state index in [0.29, 0.717) is 22.6 Å². The van der Waals surface area contributed by atoms with E-state index >= 15 is 0 Å². The number of hydrogen-bond acceptors (Lipinski definition) is 5. The Morgan fingerprint density at radius 3 is 2.68 bits per heavy atom. The van der Waals surface area contributed by atoms with Crippen molar-refractivity contribution in [1.29, 1.82) is 0 Å². The molecular formula is C19H19N3O2S. The van der Waals surface area contributed by atoms with Gasteiger partial charge in [-0.2, -0.15) is 4.98 Å². The molecule has 1 amide bonds. The van der Waals surface area contributed by atoms with Gasteiger partial charge in [-0.25, -0.2) is 0 Å². The van der Waals surface area contributed by atoms with Crippen molar-refractivity contribution in [2.24, 2.45) is 0 Å². The van der Waals surface area contributed by atoms with Crippen molar-refractivity contribution in [3.63, 3.8) is 0 Å². The number of amides is 1. The van der Waals surface area contributed by atoms with Crippen LogP contribution in [0.1, 0.15) is 40.9 Å². The topological polar surface area (TPSA) is 68.0 Å². The van der Waals surface area contributed by atoms with E-state index in [0.717, 1.165) is 23.3 Å². The van der Waals surface area contributed by atoms with Crippen molar-refractivity contribution in [1.82, 2.24) is 15.5 Å². The normalized spacial score (nSPS) is 14.8. The third kappa shape index (κ3) is 3.49. The molecule has 4 rings (SSSR count). The minimum absolute atomic E-state index is 0.00889. The van der Waals surface area contributed by atoms with Gasteiger partial charge in [0.1, 0.15) is 0 Å². The van der Waals surface area contributed by atoms with Gasteiger partial charge in [0.2, 0.25) is 5.82 Å². The van der Waals surface area contributed by atoms with Gasteiger partial charge in [0.05, 0.1) is 9.75 Å². The van der Waals surface area contributed by atoms with Gasteiger partial charge in [0.15, 0.2) is 0 Å². The first-order valence-electron chi connectivity index (χ1n) is 8.51. The molecule has 6 heteroatoms. The lowest BCUT2D eigenvalue weighted by Crippen LogP contribution is -2.31. The summed E-state index contributed by atoms with van der Waals surface area (Å²) in [6, 6.07) is 12.0. The lowest BCUT2D eigenvalue weighted by molar-refractivity contribution is 0.0942. The van der Waals surface area contributed by atoms with E-state index in [1.807, 2.05) is 43.3 Å². The molecule has 0 bridgehead atoms. The summed E-state index contributed by atoms with van der Waals surface area (Å²) in [6.45, 7) is 2.03. The molecule has 0 unspecified atom stereocenters. The highest BCUT2D eigenvalue weighted by Gasteiger charge is 2.20. The van der Waals surface area contributed by atoms with E-state index in [1.54, 1.807) is 0 Å². The van der Waals surface area contributed by atoms with Crippen molar-refractivity contribution in [3.8, 4) is 22.2 Å². The summed E-state index contributed by atoms with van der Waals surface area (Å²) in [4.78, 5) is 18.3. The molecule has 0 spiro atoms. The SMILES string of the molecule is Cc1ccc(-c2nc(-c3ccc(C(=O)NC4CCCC4)s3)no2)cc1. The molecule has 1 aromatic carbocycles. The summed E-state index contributed by atoms with van der Waals surface area (Å²) >= 11 is 1.39. The molecule has 0 aliphatic heterocycles. The van der Waals surface area contributed by atoms with Crippen LogP contribution in [0.15, 0.2) is 40.9 Å². The van der Waals surface area contributed by atoms with Crippen LogP contribution in [-0.2, 0) is 0 Å². The number of hydrogen-bond donors (Lipinski definition) is 1. The molecule has 0 atom stereocenters. The molecule has 3 aromatic rings. The molecule has 1 aliphatic rings. The van der Waals surface area contributed by atoms with Crippen molar-refractivity contribution >= 4 is 17.2 Å². The maximum atomic E-state index is 12.3. The molecule has 1 fully saturated rings. The van der Waals surface area contributed by atoms with E-state index in [2.05, 4.69) is 15.5 Å². The number of nitrogens with zero attached hydrogens (tertiary/aromatic N) is 2. The summed E-state index contributed by atoms with van der Waals surface area (Å²) in [5.74, 6) is 0.992. The lowest BCUT2D eigenvalue weighted by atomic mass is 10.1. The molecular weight excluding hydrogens is 334 g/mol. The third-order valence-corrected chi connectivity index (χ3v) is 5.55. The second kappa shape index (κ2) is 6.80. The Kier molecular flexibility index (Phi) is 4.36. The number of aromatic nitrogens is 2. The van der Waals surface area contributed by atoms with Crippen LogP contribution >= 0.6 is 11.3 Å². The fraction of sp³-hybridized carbons (Fsp3) is 0.316. The van der Waals surface area contributed by atoms with E-state index in [9.17, 15) is 4.79 Å². The van der Waals surface area contributed by atoms with Gasteiger partial charge in [-0.1, -0.05) is 35.7 Å². The van der Waals surface area contributed by atoms with E-state index in [4.69, 9.17) is 4.52 Å². The number of rotatable bonds is 4. The Hall–Kier alpha value is -2.47. The van der Waals surface area contributed by atoms with Crippen molar-refractivity contribution in [2.75, 3.05) is 0 Å². The van der Waals surface area contributed by atoms with Crippen molar-refractivity contribution in [3.05, 3.63) is 46.8 Å². The zero-order valence-corrected chi connectivity index (χ0v) is 14.8. The smallest absolute Gasteiger partial charge is 0.261 e. The van der Waals surface area contributed by atoms with Crippen LogP contribution in [0, 0.1) is 6.92 Å². The Labute approximate surface area is 150 Å².